The molecule has 0 aliphatic carbocycles. The zero-order valence-electron chi connectivity index (χ0n) is 18.4. The van der Waals surface area contributed by atoms with Crippen LogP contribution in [0.3, 0.4) is 0 Å². The molecule has 0 spiro atoms. The van der Waals surface area contributed by atoms with E-state index in [1.165, 1.54) is 11.8 Å². The van der Waals surface area contributed by atoms with E-state index < -0.39 is 0 Å². The zero-order chi connectivity index (χ0) is 23.2. The number of para-hydroxylation sites is 1. The monoisotopic (exact) mass is 477 g/mol. The Hall–Kier alpha value is -3.16. The summed E-state index contributed by atoms with van der Waals surface area (Å²) in [7, 11) is 0. The molecule has 1 unspecified atom stereocenters. The van der Waals surface area contributed by atoms with Crippen molar-refractivity contribution < 1.29 is 4.79 Å². The molecule has 8 heteroatoms. The highest BCUT2D eigenvalue weighted by Crippen LogP contribution is 2.29. The first kappa shape index (κ1) is 23.0. The van der Waals surface area contributed by atoms with Gasteiger partial charge >= 0.3 is 0 Å². The normalized spacial score (nSPS) is 11.8. The maximum Gasteiger partial charge on any atom is 0.234 e. The fourth-order valence-electron chi connectivity index (χ4n) is 3.45. The number of rotatable bonds is 8. The Labute approximate surface area is 202 Å². The predicted octanol–water partition coefficient (Wildman–Crippen LogP) is 6.23. The average Bonchev–Trinajstić information content (AvgIpc) is 3.27. The van der Waals surface area contributed by atoms with Crippen molar-refractivity contribution in [3.63, 3.8) is 0 Å². The van der Waals surface area contributed by atoms with Crippen molar-refractivity contribution in [1.82, 2.24) is 19.7 Å². The molecule has 2 heterocycles. The quantitative estimate of drug-likeness (QED) is 0.304. The molecule has 2 aromatic carbocycles. The molecule has 0 radical (unpaired) electrons. The van der Waals surface area contributed by atoms with Crippen LogP contribution in [0.15, 0.2) is 78.2 Å². The second-order valence-corrected chi connectivity index (χ2v) is 8.97. The topological polar surface area (TPSA) is 72.7 Å². The number of halogens is 1. The van der Waals surface area contributed by atoms with Crippen LogP contribution in [0.5, 0.6) is 0 Å². The standard InChI is InChI=1S/C25H24ClN5OS/c1-3-17(2)21-8-4-5-9-22(21)28-23(32)16-33-25-30-29-24(18-7-6-14-27-15-18)31(25)20-12-10-19(26)11-13-20/h4-15,17H,3,16H2,1-2H3,(H,28,32). The molecule has 1 amide bonds. The van der Waals surface area contributed by atoms with Gasteiger partial charge in [-0.05, 0) is 60.4 Å². The van der Waals surface area contributed by atoms with E-state index in [-0.39, 0.29) is 11.7 Å². The molecule has 33 heavy (non-hydrogen) atoms. The van der Waals surface area contributed by atoms with Crippen LogP contribution < -0.4 is 5.32 Å². The highest BCUT2D eigenvalue weighted by molar-refractivity contribution is 7.99. The van der Waals surface area contributed by atoms with Gasteiger partial charge in [0.15, 0.2) is 11.0 Å². The first-order valence-corrected chi connectivity index (χ1v) is 12.1. The van der Waals surface area contributed by atoms with E-state index >= 15 is 0 Å². The smallest absolute Gasteiger partial charge is 0.234 e. The number of carbonyl (C=O) groups excluding carboxylic acids is 1. The second-order valence-electron chi connectivity index (χ2n) is 7.59. The van der Waals surface area contributed by atoms with Crippen molar-refractivity contribution in [3.8, 4) is 17.1 Å². The molecule has 4 rings (SSSR count). The largest absolute Gasteiger partial charge is 0.325 e. The molecule has 0 saturated carbocycles. The van der Waals surface area contributed by atoms with Crippen molar-refractivity contribution in [2.45, 2.75) is 31.3 Å². The fourth-order valence-corrected chi connectivity index (χ4v) is 4.32. The van der Waals surface area contributed by atoms with Gasteiger partial charge in [0, 0.05) is 34.4 Å². The molecule has 168 valence electrons. The third kappa shape index (κ3) is 5.43. The third-order valence-corrected chi connectivity index (χ3v) is 6.53. The average molecular weight is 478 g/mol. The van der Waals surface area contributed by atoms with Gasteiger partial charge < -0.3 is 5.32 Å². The Morgan fingerprint density at radius 3 is 2.61 bits per heavy atom. The van der Waals surface area contributed by atoms with E-state index in [2.05, 4.69) is 40.4 Å². The van der Waals surface area contributed by atoms with Crippen molar-refractivity contribution in [2.24, 2.45) is 0 Å². The first-order chi connectivity index (χ1) is 16.1. The number of thioether (sulfide) groups is 1. The Kier molecular flexibility index (Phi) is 7.42. The van der Waals surface area contributed by atoms with Crippen LogP contribution in [0.4, 0.5) is 5.69 Å². The Bertz CT molecular complexity index is 1230. The first-order valence-electron chi connectivity index (χ1n) is 10.7. The summed E-state index contributed by atoms with van der Waals surface area (Å²) < 4.78 is 1.92. The molecule has 0 aliphatic heterocycles. The lowest BCUT2D eigenvalue weighted by molar-refractivity contribution is -0.113. The zero-order valence-corrected chi connectivity index (χ0v) is 20.0. The predicted molar refractivity (Wildman–Crippen MR) is 134 cm³/mol. The number of hydrogen-bond acceptors (Lipinski definition) is 5. The molecule has 0 aliphatic rings. The molecule has 2 aromatic heterocycles. The Balaban J connectivity index is 1.57. The van der Waals surface area contributed by atoms with Crippen LogP contribution in [0.25, 0.3) is 17.1 Å². The second kappa shape index (κ2) is 10.6. The molecule has 1 N–H and O–H groups in total. The summed E-state index contributed by atoms with van der Waals surface area (Å²) >= 11 is 7.42. The number of pyridine rings is 1. The number of nitrogens with zero attached hydrogens (tertiary/aromatic N) is 4. The molecule has 0 bridgehead atoms. The minimum atomic E-state index is -0.0932. The number of anilines is 1. The summed E-state index contributed by atoms with van der Waals surface area (Å²) in [5.74, 6) is 1.12. The Morgan fingerprint density at radius 2 is 1.88 bits per heavy atom. The Morgan fingerprint density at radius 1 is 1.09 bits per heavy atom. The summed E-state index contributed by atoms with van der Waals surface area (Å²) in [5.41, 5.74) is 3.68. The summed E-state index contributed by atoms with van der Waals surface area (Å²) in [5, 5.41) is 13.1. The molecule has 6 nitrogen and oxygen atoms in total. The van der Waals surface area contributed by atoms with Crippen LogP contribution in [0.1, 0.15) is 31.7 Å². The molecular weight excluding hydrogens is 454 g/mol. The number of benzene rings is 2. The van der Waals surface area contributed by atoms with Crippen molar-refractivity contribution in [3.05, 3.63) is 83.6 Å². The van der Waals surface area contributed by atoms with E-state index in [0.717, 1.165) is 28.9 Å². The minimum absolute atomic E-state index is 0.0932. The molecular formula is C25H24ClN5OS. The molecule has 0 saturated heterocycles. The van der Waals surface area contributed by atoms with Gasteiger partial charge in [0.25, 0.3) is 0 Å². The van der Waals surface area contributed by atoms with E-state index in [0.29, 0.717) is 21.9 Å². The summed E-state index contributed by atoms with van der Waals surface area (Å²) in [6.45, 7) is 4.30. The lowest BCUT2D eigenvalue weighted by Gasteiger charge is -2.15. The minimum Gasteiger partial charge on any atom is -0.325 e. The van der Waals surface area contributed by atoms with Gasteiger partial charge in [0.1, 0.15) is 0 Å². The van der Waals surface area contributed by atoms with Crippen LogP contribution in [0, 0.1) is 0 Å². The summed E-state index contributed by atoms with van der Waals surface area (Å²) in [6, 6.07) is 19.2. The van der Waals surface area contributed by atoms with Gasteiger partial charge in [-0.25, -0.2) is 0 Å². The molecule has 4 aromatic rings. The number of carbonyl (C=O) groups is 1. The van der Waals surface area contributed by atoms with Crippen LogP contribution in [0.2, 0.25) is 5.02 Å². The lowest BCUT2D eigenvalue weighted by atomic mass is 9.97. The van der Waals surface area contributed by atoms with E-state index in [1.807, 2.05) is 59.2 Å². The van der Waals surface area contributed by atoms with E-state index in [9.17, 15) is 4.79 Å². The highest BCUT2D eigenvalue weighted by atomic mass is 35.5. The third-order valence-electron chi connectivity index (χ3n) is 5.35. The summed E-state index contributed by atoms with van der Waals surface area (Å²) in [4.78, 5) is 17.0. The van der Waals surface area contributed by atoms with Gasteiger partial charge in [-0.15, -0.1) is 10.2 Å². The SMILES string of the molecule is CCC(C)c1ccccc1NC(=O)CSc1nnc(-c2cccnc2)n1-c1ccc(Cl)cc1. The van der Waals surface area contributed by atoms with Crippen LogP contribution >= 0.6 is 23.4 Å². The van der Waals surface area contributed by atoms with Crippen molar-refractivity contribution in [1.29, 1.82) is 0 Å². The van der Waals surface area contributed by atoms with Gasteiger partial charge in [-0.2, -0.15) is 0 Å². The molecule has 0 fully saturated rings. The summed E-state index contributed by atoms with van der Waals surface area (Å²) in [6.07, 6.45) is 4.45. The van der Waals surface area contributed by atoms with Crippen molar-refractivity contribution in [2.75, 3.05) is 11.1 Å². The lowest BCUT2D eigenvalue weighted by Crippen LogP contribution is -2.16. The van der Waals surface area contributed by atoms with Gasteiger partial charge in [0.05, 0.1) is 5.75 Å². The van der Waals surface area contributed by atoms with Crippen LogP contribution in [-0.4, -0.2) is 31.4 Å². The van der Waals surface area contributed by atoms with E-state index in [4.69, 9.17) is 11.6 Å². The number of hydrogen-bond donors (Lipinski definition) is 1. The van der Waals surface area contributed by atoms with Gasteiger partial charge in [0.2, 0.25) is 5.91 Å². The maximum absolute atomic E-state index is 12.8. The number of amides is 1. The molecule has 1 atom stereocenters. The van der Waals surface area contributed by atoms with Gasteiger partial charge in [-0.3, -0.25) is 14.3 Å². The van der Waals surface area contributed by atoms with E-state index in [1.54, 1.807) is 12.4 Å². The van der Waals surface area contributed by atoms with Crippen molar-refractivity contribution >= 4 is 35.0 Å². The maximum atomic E-state index is 12.8. The highest BCUT2D eigenvalue weighted by Gasteiger charge is 2.18. The van der Waals surface area contributed by atoms with Crippen LogP contribution in [-0.2, 0) is 4.79 Å². The van der Waals surface area contributed by atoms with Gasteiger partial charge in [-0.1, -0.05) is 55.4 Å². The fraction of sp³-hybridized carbons (Fsp3) is 0.200. The number of nitrogens with one attached hydrogen (secondary N) is 1. The number of aromatic nitrogens is 4.